The Hall–Kier alpha value is -1.72. The van der Waals surface area contributed by atoms with Crippen LogP contribution in [0.5, 0.6) is 5.75 Å². The van der Waals surface area contributed by atoms with E-state index in [9.17, 15) is 13.2 Å². The summed E-state index contributed by atoms with van der Waals surface area (Å²) in [4.78, 5) is 0. The number of ether oxygens (including phenoxy) is 1. The van der Waals surface area contributed by atoms with E-state index >= 15 is 0 Å². The van der Waals surface area contributed by atoms with Crippen LogP contribution in [0.15, 0.2) is 17.3 Å². The molecule has 0 aliphatic rings. The normalized spacial score (nSPS) is 13.1. The Morgan fingerprint density at radius 3 is 1.76 bits per heavy atom. The van der Waals surface area contributed by atoms with Crippen molar-refractivity contribution < 1.29 is 23.1 Å². The Labute approximate surface area is 122 Å². The highest BCUT2D eigenvalue weighted by molar-refractivity contribution is 6.04. The summed E-state index contributed by atoms with van der Waals surface area (Å²) in [6, 6.07) is 2.75. The molecule has 0 bridgehead atoms. The van der Waals surface area contributed by atoms with Crippen LogP contribution in [0.3, 0.4) is 0 Å². The summed E-state index contributed by atoms with van der Waals surface area (Å²) in [6.07, 6.45) is -4.72. The predicted octanol–water partition coefficient (Wildman–Crippen LogP) is 4.68. The number of halogens is 3. The number of oxime groups is 1. The van der Waals surface area contributed by atoms with Gasteiger partial charge in [-0.05, 0) is 35.1 Å². The highest BCUT2D eigenvalue weighted by atomic mass is 19.4. The molecule has 118 valence electrons. The molecule has 0 saturated heterocycles. The average molecular weight is 303 g/mol. The van der Waals surface area contributed by atoms with Crippen molar-refractivity contribution in [2.75, 3.05) is 7.11 Å². The second-order valence-corrected chi connectivity index (χ2v) is 5.44. The molecule has 6 heteroatoms. The third-order valence-corrected chi connectivity index (χ3v) is 3.24. The number of rotatable bonds is 4. The van der Waals surface area contributed by atoms with Crippen LogP contribution in [0.2, 0.25) is 0 Å². The van der Waals surface area contributed by atoms with Gasteiger partial charge in [-0.2, -0.15) is 13.2 Å². The molecule has 0 fully saturated rings. The molecule has 21 heavy (non-hydrogen) atoms. The molecule has 0 radical (unpaired) electrons. The van der Waals surface area contributed by atoms with Gasteiger partial charge in [0.05, 0.1) is 7.11 Å². The number of methoxy groups -OCH3 is 1. The summed E-state index contributed by atoms with van der Waals surface area (Å²) in [5.74, 6) is 0.541. The summed E-state index contributed by atoms with van der Waals surface area (Å²) < 4.78 is 44.2. The molecule has 0 aliphatic carbocycles. The Morgan fingerprint density at radius 2 is 1.52 bits per heavy atom. The Bertz CT molecular complexity index is 505. The van der Waals surface area contributed by atoms with Gasteiger partial charge in [0.25, 0.3) is 0 Å². The first-order valence-electron chi connectivity index (χ1n) is 6.64. The molecular weight excluding hydrogens is 283 g/mol. The number of hydrogen-bond donors (Lipinski definition) is 1. The van der Waals surface area contributed by atoms with Crippen molar-refractivity contribution in [3.05, 3.63) is 28.8 Å². The van der Waals surface area contributed by atoms with Gasteiger partial charge < -0.3 is 9.94 Å². The first-order valence-corrected chi connectivity index (χ1v) is 6.64. The minimum absolute atomic E-state index is 0.0226. The Morgan fingerprint density at radius 1 is 1.10 bits per heavy atom. The third-order valence-electron chi connectivity index (χ3n) is 3.24. The van der Waals surface area contributed by atoms with Crippen LogP contribution in [0, 0.1) is 0 Å². The molecule has 1 rings (SSSR count). The number of benzene rings is 1. The van der Waals surface area contributed by atoms with Gasteiger partial charge in [0.2, 0.25) is 0 Å². The van der Waals surface area contributed by atoms with Crippen molar-refractivity contribution in [2.24, 2.45) is 5.16 Å². The largest absolute Gasteiger partial charge is 0.496 e. The highest BCUT2D eigenvalue weighted by Gasteiger charge is 2.38. The van der Waals surface area contributed by atoms with Crippen LogP contribution in [0.25, 0.3) is 0 Å². The van der Waals surface area contributed by atoms with Crippen molar-refractivity contribution in [2.45, 2.75) is 45.7 Å². The van der Waals surface area contributed by atoms with Gasteiger partial charge in [0.1, 0.15) is 5.75 Å². The zero-order chi connectivity index (χ0) is 16.4. The van der Waals surface area contributed by atoms with E-state index in [-0.39, 0.29) is 17.4 Å². The van der Waals surface area contributed by atoms with Gasteiger partial charge in [0, 0.05) is 5.56 Å². The molecule has 0 unspecified atom stereocenters. The van der Waals surface area contributed by atoms with Crippen LogP contribution in [-0.4, -0.2) is 24.2 Å². The second kappa shape index (κ2) is 6.37. The maximum absolute atomic E-state index is 12.9. The standard InChI is InChI=1S/C15H20F3NO2/c1-8(2)11-6-10(14(19-20)15(16,17)18)7-12(9(3)4)13(11)21-5/h6-9,20H,1-5H3/b19-14+. The van der Waals surface area contributed by atoms with E-state index < -0.39 is 11.9 Å². The summed E-state index contributed by atoms with van der Waals surface area (Å²) in [5.41, 5.74) is -0.139. The summed E-state index contributed by atoms with van der Waals surface area (Å²) in [6.45, 7) is 7.48. The van der Waals surface area contributed by atoms with E-state index in [4.69, 9.17) is 9.94 Å². The van der Waals surface area contributed by atoms with E-state index in [0.717, 1.165) is 0 Å². The molecule has 0 heterocycles. The monoisotopic (exact) mass is 303 g/mol. The SMILES string of the molecule is COc1c(C(C)C)cc(/C(=N\O)C(F)(F)F)cc1C(C)C. The van der Waals surface area contributed by atoms with Gasteiger partial charge in [-0.3, -0.25) is 0 Å². The fraction of sp³-hybridized carbons (Fsp3) is 0.533. The van der Waals surface area contributed by atoms with Gasteiger partial charge in [-0.1, -0.05) is 32.9 Å². The first kappa shape index (κ1) is 17.3. The Kier molecular flexibility index (Phi) is 5.25. The lowest BCUT2D eigenvalue weighted by atomic mass is 9.90. The first-order chi connectivity index (χ1) is 9.63. The number of hydrogen-bond acceptors (Lipinski definition) is 3. The summed E-state index contributed by atoms with van der Waals surface area (Å²) in [5, 5.41) is 11.2. The summed E-state index contributed by atoms with van der Waals surface area (Å²) >= 11 is 0. The second-order valence-electron chi connectivity index (χ2n) is 5.44. The zero-order valence-corrected chi connectivity index (χ0v) is 12.7. The molecule has 1 aromatic carbocycles. The molecule has 1 N–H and O–H groups in total. The van der Waals surface area contributed by atoms with E-state index in [1.54, 1.807) is 0 Å². The van der Waals surface area contributed by atoms with E-state index in [1.807, 2.05) is 27.7 Å². The molecule has 0 amide bonds. The minimum Gasteiger partial charge on any atom is -0.496 e. The van der Waals surface area contributed by atoms with Crippen LogP contribution >= 0.6 is 0 Å². The lowest BCUT2D eigenvalue weighted by molar-refractivity contribution is -0.0601. The van der Waals surface area contributed by atoms with E-state index in [0.29, 0.717) is 16.9 Å². The molecular formula is C15H20F3NO2. The number of nitrogens with zero attached hydrogens (tertiary/aromatic N) is 1. The van der Waals surface area contributed by atoms with Gasteiger partial charge in [-0.25, -0.2) is 0 Å². The zero-order valence-electron chi connectivity index (χ0n) is 12.7. The van der Waals surface area contributed by atoms with Crippen molar-refractivity contribution in [1.29, 1.82) is 0 Å². The number of alkyl halides is 3. The Balaban J connectivity index is 3.63. The highest BCUT2D eigenvalue weighted by Crippen LogP contribution is 2.37. The van der Waals surface area contributed by atoms with Crippen molar-refractivity contribution in [3.63, 3.8) is 0 Å². The molecule has 0 saturated carbocycles. The molecule has 0 aromatic heterocycles. The average Bonchev–Trinajstić information content (AvgIpc) is 2.36. The van der Waals surface area contributed by atoms with Gasteiger partial charge in [0.15, 0.2) is 5.71 Å². The van der Waals surface area contributed by atoms with Gasteiger partial charge in [-0.15, -0.1) is 0 Å². The molecule has 0 spiro atoms. The maximum Gasteiger partial charge on any atom is 0.437 e. The van der Waals surface area contributed by atoms with Crippen LogP contribution in [0.4, 0.5) is 13.2 Å². The topological polar surface area (TPSA) is 41.8 Å². The van der Waals surface area contributed by atoms with Crippen molar-refractivity contribution >= 4 is 5.71 Å². The maximum atomic E-state index is 12.9. The van der Waals surface area contributed by atoms with Crippen LogP contribution in [-0.2, 0) is 0 Å². The fourth-order valence-electron chi connectivity index (χ4n) is 2.18. The molecule has 1 aromatic rings. The smallest absolute Gasteiger partial charge is 0.437 e. The van der Waals surface area contributed by atoms with E-state index in [1.165, 1.54) is 19.2 Å². The molecule has 0 atom stereocenters. The molecule has 0 aliphatic heterocycles. The fourth-order valence-corrected chi connectivity index (χ4v) is 2.18. The minimum atomic E-state index is -4.72. The van der Waals surface area contributed by atoms with Crippen LogP contribution in [0.1, 0.15) is 56.2 Å². The summed E-state index contributed by atoms with van der Waals surface area (Å²) in [7, 11) is 1.50. The lowest BCUT2D eigenvalue weighted by Gasteiger charge is -2.21. The third kappa shape index (κ3) is 3.68. The van der Waals surface area contributed by atoms with E-state index in [2.05, 4.69) is 5.16 Å². The lowest BCUT2D eigenvalue weighted by Crippen LogP contribution is -2.24. The van der Waals surface area contributed by atoms with Crippen molar-refractivity contribution in [1.82, 2.24) is 0 Å². The quantitative estimate of drug-likeness (QED) is 0.498. The predicted molar refractivity (Wildman–Crippen MR) is 75.6 cm³/mol. The van der Waals surface area contributed by atoms with Crippen LogP contribution < -0.4 is 4.74 Å². The van der Waals surface area contributed by atoms with Crippen molar-refractivity contribution in [3.8, 4) is 5.75 Å². The molecule has 3 nitrogen and oxygen atoms in total. The van der Waals surface area contributed by atoms with Gasteiger partial charge >= 0.3 is 6.18 Å².